The number of hydrogen-bond donors (Lipinski definition) is 2. The first-order valence-corrected chi connectivity index (χ1v) is 6.49. The van der Waals surface area contributed by atoms with Crippen LogP contribution in [0, 0.1) is 0 Å². The molecule has 2 rings (SSSR count). The molecule has 0 atom stereocenters. The first-order chi connectivity index (χ1) is 9.70. The number of aliphatic hydroxyl groups excluding tert-OH is 1. The SMILES string of the molecule is CN(CCO)C(=O)Nc1ccc(-c2ccccc2)cc1. The summed E-state index contributed by atoms with van der Waals surface area (Å²) in [5.41, 5.74) is 2.98. The maximum absolute atomic E-state index is 11.8. The molecule has 0 spiro atoms. The number of urea groups is 1. The van der Waals surface area contributed by atoms with Gasteiger partial charge in [-0.2, -0.15) is 0 Å². The molecule has 2 aromatic carbocycles. The van der Waals surface area contributed by atoms with E-state index >= 15 is 0 Å². The van der Waals surface area contributed by atoms with Crippen molar-refractivity contribution in [1.29, 1.82) is 0 Å². The van der Waals surface area contributed by atoms with Crippen LogP contribution in [0.1, 0.15) is 0 Å². The number of nitrogens with one attached hydrogen (secondary N) is 1. The van der Waals surface area contributed by atoms with Crippen LogP contribution in [-0.2, 0) is 0 Å². The Morgan fingerprint density at radius 1 is 1.05 bits per heavy atom. The molecule has 0 radical (unpaired) electrons. The molecule has 0 aliphatic rings. The number of benzene rings is 2. The van der Waals surface area contributed by atoms with Crippen LogP contribution in [0.5, 0.6) is 0 Å². The van der Waals surface area contributed by atoms with Gasteiger partial charge in [0.1, 0.15) is 0 Å². The van der Waals surface area contributed by atoms with Crippen molar-refractivity contribution in [2.45, 2.75) is 0 Å². The predicted molar refractivity (Wildman–Crippen MR) is 80.6 cm³/mol. The van der Waals surface area contributed by atoms with E-state index in [0.717, 1.165) is 16.8 Å². The Hall–Kier alpha value is -2.33. The van der Waals surface area contributed by atoms with Crippen molar-refractivity contribution in [3.63, 3.8) is 0 Å². The molecule has 0 aromatic heterocycles. The van der Waals surface area contributed by atoms with Crippen LogP contribution in [0.15, 0.2) is 54.6 Å². The van der Waals surface area contributed by atoms with Gasteiger partial charge in [0.05, 0.1) is 6.61 Å². The third-order valence-electron chi connectivity index (χ3n) is 3.03. The lowest BCUT2D eigenvalue weighted by Gasteiger charge is -2.16. The van der Waals surface area contributed by atoms with E-state index in [1.54, 1.807) is 7.05 Å². The fourth-order valence-corrected chi connectivity index (χ4v) is 1.85. The lowest BCUT2D eigenvalue weighted by Crippen LogP contribution is -2.33. The molecule has 104 valence electrons. The van der Waals surface area contributed by atoms with Crippen LogP contribution in [0.2, 0.25) is 0 Å². The van der Waals surface area contributed by atoms with Crippen LogP contribution >= 0.6 is 0 Å². The molecule has 2 aromatic rings. The van der Waals surface area contributed by atoms with Gasteiger partial charge in [0.15, 0.2) is 0 Å². The van der Waals surface area contributed by atoms with E-state index in [0.29, 0.717) is 6.54 Å². The summed E-state index contributed by atoms with van der Waals surface area (Å²) in [6, 6.07) is 17.5. The third kappa shape index (κ3) is 3.59. The zero-order chi connectivity index (χ0) is 14.4. The zero-order valence-electron chi connectivity index (χ0n) is 11.4. The van der Waals surface area contributed by atoms with Gasteiger partial charge in [0.2, 0.25) is 0 Å². The molecule has 0 fully saturated rings. The Balaban J connectivity index is 2.04. The van der Waals surface area contributed by atoms with Crippen molar-refractivity contribution in [3.8, 4) is 11.1 Å². The van der Waals surface area contributed by atoms with Gasteiger partial charge < -0.3 is 15.3 Å². The van der Waals surface area contributed by atoms with E-state index in [1.165, 1.54) is 4.90 Å². The zero-order valence-corrected chi connectivity index (χ0v) is 11.4. The predicted octanol–water partition coefficient (Wildman–Crippen LogP) is 2.81. The molecule has 2 N–H and O–H groups in total. The number of anilines is 1. The fraction of sp³-hybridized carbons (Fsp3) is 0.188. The first kappa shape index (κ1) is 14.1. The number of carbonyl (C=O) groups excluding carboxylic acids is 1. The second kappa shape index (κ2) is 6.73. The highest BCUT2D eigenvalue weighted by atomic mass is 16.3. The highest BCUT2D eigenvalue weighted by Crippen LogP contribution is 2.21. The van der Waals surface area contributed by atoms with E-state index < -0.39 is 0 Å². The van der Waals surface area contributed by atoms with E-state index in [2.05, 4.69) is 5.32 Å². The first-order valence-electron chi connectivity index (χ1n) is 6.49. The van der Waals surface area contributed by atoms with Crippen molar-refractivity contribution >= 4 is 11.7 Å². The average molecular weight is 270 g/mol. The summed E-state index contributed by atoms with van der Waals surface area (Å²) in [5.74, 6) is 0. The second-order valence-electron chi connectivity index (χ2n) is 4.52. The smallest absolute Gasteiger partial charge is 0.321 e. The highest BCUT2D eigenvalue weighted by molar-refractivity contribution is 5.89. The summed E-state index contributed by atoms with van der Waals surface area (Å²) in [4.78, 5) is 13.2. The van der Waals surface area contributed by atoms with Crippen LogP contribution in [0.25, 0.3) is 11.1 Å². The molecule has 0 heterocycles. The number of aliphatic hydroxyl groups is 1. The standard InChI is InChI=1S/C16H18N2O2/c1-18(11-12-19)16(20)17-15-9-7-14(8-10-15)13-5-3-2-4-6-13/h2-10,19H,11-12H2,1H3,(H,17,20). The number of likely N-dealkylation sites (N-methyl/N-ethyl adjacent to an activating group) is 1. The minimum Gasteiger partial charge on any atom is -0.395 e. The summed E-state index contributed by atoms with van der Waals surface area (Å²) in [6.45, 7) is 0.269. The quantitative estimate of drug-likeness (QED) is 0.897. The highest BCUT2D eigenvalue weighted by Gasteiger charge is 2.07. The maximum atomic E-state index is 11.8. The minimum absolute atomic E-state index is 0.0448. The number of nitrogens with zero attached hydrogens (tertiary/aromatic N) is 1. The molecule has 0 bridgehead atoms. The Labute approximate surface area is 118 Å². The monoisotopic (exact) mass is 270 g/mol. The van der Waals surface area contributed by atoms with Crippen LogP contribution in [0.3, 0.4) is 0 Å². The Kier molecular flexibility index (Phi) is 4.74. The molecular formula is C16H18N2O2. The fourth-order valence-electron chi connectivity index (χ4n) is 1.85. The van der Waals surface area contributed by atoms with E-state index in [1.807, 2.05) is 54.6 Å². The van der Waals surface area contributed by atoms with Crippen LogP contribution < -0.4 is 5.32 Å². The molecule has 2 amide bonds. The normalized spacial score (nSPS) is 10.1. The summed E-state index contributed by atoms with van der Waals surface area (Å²) >= 11 is 0. The Bertz CT molecular complexity index is 552. The van der Waals surface area contributed by atoms with Gasteiger partial charge in [-0.05, 0) is 23.3 Å². The number of rotatable bonds is 4. The summed E-state index contributed by atoms with van der Waals surface area (Å²) in [5, 5.41) is 11.6. The maximum Gasteiger partial charge on any atom is 0.321 e. The van der Waals surface area contributed by atoms with E-state index in [-0.39, 0.29) is 12.6 Å². The lowest BCUT2D eigenvalue weighted by molar-refractivity contribution is 0.202. The van der Waals surface area contributed by atoms with Crippen molar-refractivity contribution in [1.82, 2.24) is 4.90 Å². The number of amides is 2. The second-order valence-corrected chi connectivity index (χ2v) is 4.52. The molecule has 0 saturated carbocycles. The van der Waals surface area contributed by atoms with Gasteiger partial charge in [-0.3, -0.25) is 0 Å². The van der Waals surface area contributed by atoms with E-state index in [9.17, 15) is 4.79 Å². The largest absolute Gasteiger partial charge is 0.395 e. The number of carbonyl (C=O) groups is 1. The molecular weight excluding hydrogens is 252 g/mol. The van der Waals surface area contributed by atoms with Gasteiger partial charge in [-0.15, -0.1) is 0 Å². The number of hydrogen-bond acceptors (Lipinski definition) is 2. The topological polar surface area (TPSA) is 52.6 Å². The Morgan fingerprint density at radius 2 is 1.65 bits per heavy atom. The minimum atomic E-state index is -0.230. The molecule has 0 saturated heterocycles. The third-order valence-corrected chi connectivity index (χ3v) is 3.03. The van der Waals surface area contributed by atoms with Crippen molar-refractivity contribution in [2.24, 2.45) is 0 Å². The van der Waals surface area contributed by atoms with Gasteiger partial charge in [-0.25, -0.2) is 4.79 Å². The van der Waals surface area contributed by atoms with Crippen molar-refractivity contribution in [3.05, 3.63) is 54.6 Å². The Morgan fingerprint density at radius 3 is 2.25 bits per heavy atom. The van der Waals surface area contributed by atoms with Gasteiger partial charge in [0.25, 0.3) is 0 Å². The summed E-state index contributed by atoms with van der Waals surface area (Å²) in [6.07, 6.45) is 0. The molecule has 0 aliphatic heterocycles. The van der Waals surface area contributed by atoms with Gasteiger partial charge in [0, 0.05) is 19.3 Å². The molecule has 0 unspecified atom stereocenters. The van der Waals surface area contributed by atoms with E-state index in [4.69, 9.17) is 5.11 Å². The summed E-state index contributed by atoms with van der Waals surface area (Å²) in [7, 11) is 1.64. The van der Waals surface area contributed by atoms with Gasteiger partial charge >= 0.3 is 6.03 Å². The van der Waals surface area contributed by atoms with Crippen LogP contribution in [-0.4, -0.2) is 36.2 Å². The van der Waals surface area contributed by atoms with Crippen LogP contribution in [0.4, 0.5) is 10.5 Å². The molecule has 4 nitrogen and oxygen atoms in total. The molecule has 4 heteroatoms. The lowest BCUT2D eigenvalue weighted by atomic mass is 10.1. The van der Waals surface area contributed by atoms with Crippen molar-refractivity contribution < 1.29 is 9.90 Å². The molecule has 20 heavy (non-hydrogen) atoms. The van der Waals surface area contributed by atoms with Gasteiger partial charge in [-0.1, -0.05) is 42.5 Å². The molecule has 0 aliphatic carbocycles. The average Bonchev–Trinajstić information content (AvgIpc) is 2.49. The van der Waals surface area contributed by atoms with Crippen molar-refractivity contribution in [2.75, 3.05) is 25.5 Å². The summed E-state index contributed by atoms with van der Waals surface area (Å²) < 4.78 is 0.